The van der Waals surface area contributed by atoms with Gasteiger partial charge in [0.2, 0.25) is 10.0 Å². The molecule has 2 aromatic rings. The molecule has 2 aromatic carbocycles. The minimum absolute atomic E-state index is 0.0976. The third-order valence-corrected chi connectivity index (χ3v) is 6.23. The molecule has 0 spiro atoms. The number of primary sulfonamides is 1. The van der Waals surface area contributed by atoms with Gasteiger partial charge < -0.3 is 4.74 Å². The molecule has 136 valence electrons. The second kappa shape index (κ2) is 6.86. The standard InChI is InChI=1S/C13H11BrF2N2O5S2/c1-23-11-3-2-8(6-12(11)24(17,19)20)18-25(21,22)13-9(14)4-7(15)5-10(13)16/h2-6,18H,1H3,(H2,17,19,20). The van der Waals surface area contributed by atoms with Gasteiger partial charge >= 0.3 is 0 Å². The Kier molecular flexibility index (Phi) is 5.37. The lowest BCUT2D eigenvalue weighted by molar-refractivity contribution is 0.403. The average molecular weight is 457 g/mol. The number of benzene rings is 2. The lowest BCUT2D eigenvalue weighted by Gasteiger charge is -2.13. The first kappa shape index (κ1) is 19.6. The number of sulfonamides is 2. The van der Waals surface area contributed by atoms with E-state index >= 15 is 0 Å². The van der Waals surface area contributed by atoms with Gasteiger partial charge in [-0.15, -0.1) is 0 Å². The number of nitrogens with two attached hydrogens (primary N) is 1. The van der Waals surface area contributed by atoms with E-state index in [0.717, 1.165) is 12.1 Å². The fraction of sp³-hybridized carbons (Fsp3) is 0.0769. The maximum Gasteiger partial charge on any atom is 0.265 e. The first-order chi connectivity index (χ1) is 11.5. The number of halogens is 3. The minimum Gasteiger partial charge on any atom is -0.495 e. The third kappa shape index (κ3) is 4.26. The topological polar surface area (TPSA) is 116 Å². The van der Waals surface area contributed by atoms with E-state index in [0.29, 0.717) is 6.07 Å². The van der Waals surface area contributed by atoms with Crippen molar-refractivity contribution in [1.29, 1.82) is 0 Å². The van der Waals surface area contributed by atoms with Crippen molar-refractivity contribution < 1.29 is 30.4 Å². The van der Waals surface area contributed by atoms with E-state index in [1.807, 2.05) is 4.72 Å². The summed E-state index contributed by atoms with van der Waals surface area (Å²) < 4.78 is 81.3. The van der Waals surface area contributed by atoms with Gasteiger partial charge in [0.25, 0.3) is 10.0 Å². The number of anilines is 1. The van der Waals surface area contributed by atoms with Gasteiger partial charge in [0.1, 0.15) is 27.2 Å². The fourth-order valence-electron chi connectivity index (χ4n) is 1.95. The van der Waals surface area contributed by atoms with Crippen molar-refractivity contribution in [3.8, 4) is 5.75 Å². The molecule has 12 heteroatoms. The first-order valence-electron chi connectivity index (χ1n) is 6.34. The Balaban J connectivity index is 2.53. The highest BCUT2D eigenvalue weighted by molar-refractivity contribution is 9.10. The molecular formula is C13H11BrF2N2O5S2. The molecule has 0 saturated carbocycles. The van der Waals surface area contributed by atoms with Crippen LogP contribution in [0.1, 0.15) is 0 Å². The molecule has 0 amide bonds. The summed E-state index contributed by atoms with van der Waals surface area (Å²) in [6.07, 6.45) is 0. The number of nitrogens with one attached hydrogen (secondary N) is 1. The van der Waals surface area contributed by atoms with Crippen LogP contribution in [0.4, 0.5) is 14.5 Å². The minimum atomic E-state index is -4.49. The number of ether oxygens (including phenoxy) is 1. The average Bonchev–Trinajstić information content (AvgIpc) is 2.44. The Labute approximate surface area is 151 Å². The smallest absolute Gasteiger partial charge is 0.265 e. The third-order valence-electron chi connectivity index (χ3n) is 2.95. The second-order valence-corrected chi connectivity index (χ2v) is 8.72. The number of hydrogen-bond donors (Lipinski definition) is 2. The molecule has 0 bridgehead atoms. The normalized spacial score (nSPS) is 12.0. The molecule has 0 aliphatic rings. The van der Waals surface area contributed by atoms with Gasteiger partial charge in [-0.2, -0.15) is 0 Å². The van der Waals surface area contributed by atoms with Gasteiger partial charge in [-0.3, -0.25) is 4.72 Å². The SMILES string of the molecule is COc1ccc(NS(=O)(=O)c2c(F)cc(F)cc2Br)cc1S(N)(=O)=O. The van der Waals surface area contributed by atoms with Gasteiger partial charge in [0.15, 0.2) is 0 Å². The Morgan fingerprint density at radius 2 is 1.76 bits per heavy atom. The Morgan fingerprint density at radius 3 is 2.28 bits per heavy atom. The van der Waals surface area contributed by atoms with Crippen LogP contribution in [0, 0.1) is 11.6 Å². The summed E-state index contributed by atoms with van der Waals surface area (Å²) in [5, 5.41) is 5.05. The zero-order chi connectivity index (χ0) is 19.0. The monoisotopic (exact) mass is 456 g/mol. The molecule has 0 saturated heterocycles. The summed E-state index contributed by atoms with van der Waals surface area (Å²) in [6.45, 7) is 0. The summed E-state index contributed by atoms with van der Waals surface area (Å²) in [5.74, 6) is -2.39. The Hall–Kier alpha value is -1.76. The lowest BCUT2D eigenvalue weighted by atomic mass is 10.3. The zero-order valence-electron chi connectivity index (χ0n) is 12.5. The fourth-order valence-corrected chi connectivity index (χ4v) is 4.90. The van der Waals surface area contributed by atoms with E-state index in [1.165, 1.54) is 19.2 Å². The number of rotatable bonds is 5. The van der Waals surface area contributed by atoms with Gasteiger partial charge in [-0.25, -0.2) is 30.8 Å². The molecule has 0 heterocycles. The van der Waals surface area contributed by atoms with Crippen LogP contribution in [0.3, 0.4) is 0 Å². The van der Waals surface area contributed by atoms with Crippen molar-refractivity contribution in [3.63, 3.8) is 0 Å². The summed E-state index contributed by atoms with van der Waals surface area (Å²) in [4.78, 5) is -1.30. The number of methoxy groups -OCH3 is 1. The number of hydrogen-bond acceptors (Lipinski definition) is 5. The first-order valence-corrected chi connectivity index (χ1v) is 10.2. The quantitative estimate of drug-likeness (QED) is 0.715. The molecule has 3 N–H and O–H groups in total. The van der Waals surface area contributed by atoms with Gasteiger partial charge in [0, 0.05) is 10.5 Å². The highest BCUT2D eigenvalue weighted by Crippen LogP contribution is 2.30. The van der Waals surface area contributed by atoms with Crippen molar-refractivity contribution in [2.75, 3.05) is 11.8 Å². The van der Waals surface area contributed by atoms with Crippen molar-refractivity contribution in [2.45, 2.75) is 9.79 Å². The second-order valence-electron chi connectivity index (χ2n) is 4.71. The predicted octanol–water partition coefficient (Wildman–Crippen LogP) is 2.18. The molecule has 7 nitrogen and oxygen atoms in total. The summed E-state index contributed by atoms with van der Waals surface area (Å²) in [5.41, 5.74) is -0.208. The van der Waals surface area contributed by atoms with Crippen molar-refractivity contribution in [3.05, 3.63) is 46.4 Å². The Bertz CT molecular complexity index is 1020. The van der Waals surface area contributed by atoms with Crippen LogP contribution in [-0.4, -0.2) is 23.9 Å². The molecule has 0 aliphatic carbocycles. The predicted molar refractivity (Wildman–Crippen MR) is 89.2 cm³/mol. The zero-order valence-corrected chi connectivity index (χ0v) is 15.7. The van der Waals surface area contributed by atoms with Gasteiger partial charge in [-0.05, 0) is 40.2 Å². The molecule has 0 aromatic heterocycles. The molecule has 0 unspecified atom stereocenters. The van der Waals surface area contributed by atoms with Crippen LogP contribution in [0.2, 0.25) is 0 Å². The molecule has 0 fully saturated rings. The van der Waals surface area contributed by atoms with E-state index in [-0.39, 0.29) is 15.9 Å². The van der Waals surface area contributed by atoms with E-state index in [1.54, 1.807) is 0 Å². The summed E-state index contributed by atoms with van der Waals surface area (Å²) in [6, 6.07) is 4.47. The molecule has 0 radical (unpaired) electrons. The highest BCUT2D eigenvalue weighted by Gasteiger charge is 2.25. The van der Waals surface area contributed by atoms with Crippen molar-refractivity contribution in [1.82, 2.24) is 0 Å². The van der Waals surface area contributed by atoms with Crippen LogP contribution in [0.5, 0.6) is 5.75 Å². The highest BCUT2D eigenvalue weighted by atomic mass is 79.9. The van der Waals surface area contributed by atoms with Gasteiger partial charge in [-0.1, -0.05) is 0 Å². The summed E-state index contributed by atoms with van der Waals surface area (Å²) >= 11 is 2.78. The van der Waals surface area contributed by atoms with Crippen LogP contribution in [0.25, 0.3) is 0 Å². The molecule has 2 rings (SSSR count). The maximum atomic E-state index is 13.9. The van der Waals surface area contributed by atoms with Crippen LogP contribution >= 0.6 is 15.9 Å². The van der Waals surface area contributed by atoms with Crippen molar-refractivity contribution in [2.24, 2.45) is 5.14 Å². The van der Waals surface area contributed by atoms with Crippen LogP contribution in [-0.2, 0) is 20.0 Å². The molecule has 25 heavy (non-hydrogen) atoms. The largest absolute Gasteiger partial charge is 0.495 e. The van der Waals surface area contributed by atoms with E-state index in [9.17, 15) is 25.6 Å². The van der Waals surface area contributed by atoms with E-state index in [4.69, 9.17) is 9.88 Å². The molecule has 0 atom stereocenters. The van der Waals surface area contributed by atoms with Crippen LogP contribution in [0.15, 0.2) is 44.6 Å². The van der Waals surface area contributed by atoms with E-state index < -0.39 is 41.5 Å². The van der Waals surface area contributed by atoms with Gasteiger partial charge in [0.05, 0.1) is 12.8 Å². The van der Waals surface area contributed by atoms with Crippen LogP contribution < -0.4 is 14.6 Å². The molecular weight excluding hydrogens is 446 g/mol. The summed E-state index contributed by atoms with van der Waals surface area (Å²) in [7, 11) is -7.48. The maximum absolute atomic E-state index is 13.9. The van der Waals surface area contributed by atoms with E-state index in [2.05, 4.69) is 15.9 Å². The molecule has 0 aliphatic heterocycles. The lowest BCUT2D eigenvalue weighted by Crippen LogP contribution is -2.17. The Morgan fingerprint density at radius 1 is 1.12 bits per heavy atom. The van der Waals surface area contributed by atoms with Crippen molar-refractivity contribution >= 4 is 41.7 Å².